The zero-order valence-corrected chi connectivity index (χ0v) is 11.3. The zero-order chi connectivity index (χ0) is 15.5. The van der Waals surface area contributed by atoms with E-state index in [9.17, 15) is 9.18 Å². The molecule has 22 heavy (non-hydrogen) atoms. The van der Waals surface area contributed by atoms with Gasteiger partial charge in [-0.25, -0.2) is 9.37 Å². The van der Waals surface area contributed by atoms with E-state index >= 15 is 0 Å². The van der Waals surface area contributed by atoms with Gasteiger partial charge in [0.25, 0.3) is 5.56 Å². The number of aromatic nitrogens is 2. The molecule has 1 aromatic heterocycles. The second kappa shape index (κ2) is 5.66. The molecule has 3 rings (SSSR count). The van der Waals surface area contributed by atoms with Crippen LogP contribution >= 0.6 is 0 Å². The summed E-state index contributed by atoms with van der Waals surface area (Å²) in [6.45, 7) is -0.00852. The number of nitrogens with one attached hydrogen (secondary N) is 1. The van der Waals surface area contributed by atoms with Crippen molar-refractivity contribution < 1.29 is 9.13 Å². The lowest BCUT2D eigenvalue weighted by atomic mass is 10.2. The van der Waals surface area contributed by atoms with Gasteiger partial charge in [-0.05, 0) is 24.3 Å². The van der Waals surface area contributed by atoms with Crippen LogP contribution in [0.1, 0.15) is 11.4 Å². The Kier molecular flexibility index (Phi) is 3.54. The molecule has 0 amide bonds. The van der Waals surface area contributed by atoms with E-state index < -0.39 is 5.82 Å². The molecule has 0 unspecified atom stereocenters. The van der Waals surface area contributed by atoms with E-state index in [0.717, 1.165) is 6.07 Å². The lowest BCUT2D eigenvalue weighted by Crippen LogP contribution is -2.13. The molecule has 0 saturated heterocycles. The SMILES string of the molecule is N#Cc1ccc(OCc2nc3ccccc3c(=O)[nH]2)cc1F. The third kappa shape index (κ3) is 2.65. The van der Waals surface area contributed by atoms with Crippen LogP contribution < -0.4 is 10.3 Å². The van der Waals surface area contributed by atoms with Gasteiger partial charge in [-0.2, -0.15) is 5.26 Å². The highest BCUT2D eigenvalue weighted by atomic mass is 19.1. The topological polar surface area (TPSA) is 78.8 Å². The van der Waals surface area contributed by atoms with Crippen LogP contribution in [0.15, 0.2) is 47.3 Å². The first kappa shape index (κ1) is 13.8. The highest BCUT2D eigenvalue weighted by Crippen LogP contribution is 2.17. The van der Waals surface area contributed by atoms with Gasteiger partial charge < -0.3 is 9.72 Å². The number of rotatable bonds is 3. The molecular weight excluding hydrogens is 285 g/mol. The van der Waals surface area contributed by atoms with Crippen molar-refractivity contribution >= 4 is 10.9 Å². The van der Waals surface area contributed by atoms with E-state index in [1.165, 1.54) is 12.1 Å². The first-order valence-electron chi connectivity index (χ1n) is 6.48. The van der Waals surface area contributed by atoms with Crippen LogP contribution in [0.2, 0.25) is 0 Å². The summed E-state index contributed by atoms with van der Waals surface area (Å²) in [6, 6.07) is 12.6. The van der Waals surface area contributed by atoms with E-state index in [-0.39, 0.29) is 23.5 Å². The number of aromatic amines is 1. The maximum Gasteiger partial charge on any atom is 0.258 e. The molecule has 0 spiro atoms. The van der Waals surface area contributed by atoms with Gasteiger partial charge in [0.1, 0.15) is 30.1 Å². The summed E-state index contributed by atoms with van der Waals surface area (Å²) in [5.41, 5.74) is 0.260. The molecule has 3 aromatic rings. The summed E-state index contributed by atoms with van der Waals surface area (Å²) >= 11 is 0. The van der Waals surface area contributed by atoms with Crippen LogP contribution in [0, 0.1) is 17.1 Å². The van der Waals surface area contributed by atoms with Crippen molar-refractivity contribution in [3.8, 4) is 11.8 Å². The predicted molar refractivity (Wildman–Crippen MR) is 77.8 cm³/mol. The molecule has 0 saturated carbocycles. The van der Waals surface area contributed by atoms with Crippen molar-refractivity contribution in [1.29, 1.82) is 5.26 Å². The van der Waals surface area contributed by atoms with E-state index in [1.807, 2.05) is 0 Å². The third-order valence-corrected chi connectivity index (χ3v) is 3.10. The Morgan fingerprint density at radius 1 is 1.27 bits per heavy atom. The Hall–Kier alpha value is -3.20. The highest BCUT2D eigenvalue weighted by molar-refractivity contribution is 5.77. The quantitative estimate of drug-likeness (QED) is 0.805. The highest BCUT2D eigenvalue weighted by Gasteiger charge is 2.06. The van der Waals surface area contributed by atoms with Gasteiger partial charge in [0.05, 0.1) is 16.5 Å². The van der Waals surface area contributed by atoms with Crippen LogP contribution in [0.25, 0.3) is 10.9 Å². The fraction of sp³-hybridized carbons (Fsp3) is 0.0625. The van der Waals surface area contributed by atoms with Crippen LogP contribution in [0.3, 0.4) is 0 Å². The molecule has 108 valence electrons. The molecule has 0 aliphatic heterocycles. The number of halogens is 1. The molecule has 2 aromatic carbocycles. The van der Waals surface area contributed by atoms with E-state index in [4.69, 9.17) is 10.00 Å². The maximum atomic E-state index is 13.5. The Balaban J connectivity index is 1.84. The molecule has 0 radical (unpaired) electrons. The number of hydrogen-bond acceptors (Lipinski definition) is 4. The number of para-hydroxylation sites is 1. The predicted octanol–water partition coefficient (Wildman–Crippen LogP) is 2.51. The van der Waals surface area contributed by atoms with E-state index in [1.54, 1.807) is 30.3 Å². The van der Waals surface area contributed by atoms with Crippen LogP contribution in [-0.2, 0) is 6.61 Å². The number of ether oxygens (including phenoxy) is 1. The number of fused-ring (bicyclic) bond motifs is 1. The van der Waals surface area contributed by atoms with Crippen molar-refractivity contribution in [3.63, 3.8) is 0 Å². The molecule has 0 fully saturated rings. The summed E-state index contributed by atoms with van der Waals surface area (Å²) in [5, 5.41) is 9.16. The normalized spacial score (nSPS) is 10.4. The summed E-state index contributed by atoms with van der Waals surface area (Å²) in [5.74, 6) is -0.0549. The summed E-state index contributed by atoms with van der Waals surface area (Å²) in [4.78, 5) is 18.8. The van der Waals surface area contributed by atoms with Crippen LogP contribution in [-0.4, -0.2) is 9.97 Å². The van der Waals surface area contributed by atoms with Crippen LogP contribution in [0.5, 0.6) is 5.75 Å². The minimum Gasteiger partial charge on any atom is -0.486 e. The summed E-state index contributed by atoms with van der Waals surface area (Å²) in [6.07, 6.45) is 0. The second-order valence-electron chi connectivity index (χ2n) is 4.57. The van der Waals surface area contributed by atoms with Gasteiger partial charge in [0, 0.05) is 6.07 Å². The van der Waals surface area contributed by atoms with E-state index in [0.29, 0.717) is 16.7 Å². The average Bonchev–Trinajstić information content (AvgIpc) is 2.53. The monoisotopic (exact) mass is 295 g/mol. The lowest BCUT2D eigenvalue weighted by Gasteiger charge is -2.07. The lowest BCUT2D eigenvalue weighted by molar-refractivity contribution is 0.294. The van der Waals surface area contributed by atoms with Gasteiger partial charge in [0.2, 0.25) is 0 Å². The molecule has 0 aliphatic rings. The Labute approximate surface area is 124 Å². The Morgan fingerprint density at radius 2 is 2.09 bits per heavy atom. The molecule has 6 heteroatoms. The maximum absolute atomic E-state index is 13.5. The minimum absolute atomic E-state index is 0.00852. The molecule has 0 aliphatic carbocycles. The standard InChI is InChI=1S/C16H10FN3O2/c17-13-7-11(6-5-10(13)8-18)22-9-15-19-14-4-2-1-3-12(14)16(21)20-15/h1-7H,9H2,(H,19,20,21). The van der Waals surface area contributed by atoms with E-state index in [2.05, 4.69) is 9.97 Å². The number of nitrogens with zero attached hydrogens (tertiary/aromatic N) is 2. The van der Waals surface area contributed by atoms with Gasteiger partial charge >= 0.3 is 0 Å². The minimum atomic E-state index is -0.653. The van der Waals surface area contributed by atoms with Crippen molar-refractivity contribution in [2.45, 2.75) is 6.61 Å². The third-order valence-electron chi connectivity index (χ3n) is 3.10. The average molecular weight is 295 g/mol. The number of nitriles is 1. The Morgan fingerprint density at radius 3 is 2.86 bits per heavy atom. The van der Waals surface area contributed by atoms with Gasteiger partial charge in [0.15, 0.2) is 0 Å². The molecule has 0 bridgehead atoms. The first-order chi connectivity index (χ1) is 10.7. The number of H-pyrrole nitrogens is 1. The van der Waals surface area contributed by atoms with Crippen molar-refractivity contribution in [2.75, 3.05) is 0 Å². The summed E-state index contributed by atoms with van der Waals surface area (Å²) in [7, 11) is 0. The van der Waals surface area contributed by atoms with Crippen LogP contribution in [0.4, 0.5) is 4.39 Å². The van der Waals surface area contributed by atoms with Crippen molar-refractivity contribution in [1.82, 2.24) is 9.97 Å². The molecule has 1 heterocycles. The number of hydrogen-bond donors (Lipinski definition) is 1. The second-order valence-corrected chi connectivity index (χ2v) is 4.57. The fourth-order valence-corrected chi connectivity index (χ4v) is 2.03. The Bertz CT molecular complexity index is 944. The first-order valence-corrected chi connectivity index (χ1v) is 6.48. The largest absolute Gasteiger partial charge is 0.486 e. The van der Waals surface area contributed by atoms with Gasteiger partial charge in [-0.15, -0.1) is 0 Å². The number of benzene rings is 2. The molecule has 0 atom stereocenters. The molecular formula is C16H10FN3O2. The van der Waals surface area contributed by atoms with Crippen molar-refractivity contribution in [2.24, 2.45) is 0 Å². The smallest absolute Gasteiger partial charge is 0.258 e. The fourth-order valence-electron chi connectivity index (χ4n) is 2.03. The van der Waals surface area contributed by atoms with Crippen molar-refractivity contribution in [3.05, 3.63) is 70.0 Å². The molecule has 1 N–H and O–H groups in total. The van der Waals surface area contributed by atoms with Gasteiger partial charge in [-0.3, -0.25) is 4.79 Å². The van der Waals surface area contributed by atoms with Gasteiger partial charge in [-0.1, -0.05) is 12.1 Å². The molecule has 5 nitrogen and oxygen atoms in total. The summed E-state index contributed by atoms with van der Waals surface area (Å²) < 4.78 is 18.9. The zero-order valence-electron chi connectivity index (χ0n) is 11.3.